The molecule has 1 saturated heterocycles. The zero-order valence-corrected chi connectivity index (χ0v) is 22.2. The first kappa shape index (κ1) is 23.6. The van der Waals surface area contributed by atoms with E-state index >= 15 is 0 Å². The van der Waals surface area contributed by atoms with Crippen LogP contribution >= 0.6 is 19.4 Å². The van der Waals surface area contributed by atoms with Crippen LogP contribution in [-0.4, -0.2) is 28.8 Å². The third kappa shape index (κ3) is 4.58. The molecule has 166 valence electrons. The van der Waals surface area contributed by atoms with E-state index in [1.807, 2.05) is 6.92 Å². The van der Waals surface area contributed by atoms with Crippen molar-refractivity contribution in [2.24, 2.45) is 0 Å². The monoisotopic (exact) mass is 536 g/mol. The van der Waals surface area contributed by atoms with E-state index in [0.29, 0.717) is 6.61 Å². The predicted octanol–water partition coefficient (Wildman–Crippen LogP) is 6.21. The third-order valence-corrected chi connectivity index (χ3v) is 10.3. The van der Waals surface area contributed by atoms with E-state index in [1.54, 1.807) is 4.80 Å². The summed E-state index contributed by atoms with van der Waals surface area (Å²) >= 11 is -3.43. The van der Waals surface area contributed by atoms with Crippen LogP contribution in [0.25, 0.3) is 0 Å². The van der Waals surface area contributed by atoms with Gasteiger partial charge >= 0.3 is 192 Å². The topological polar surface area (TPSA) is 15.7 Å². The molecule has 1 fully saturated rings. The Morgan fingerprint density at radius 3 is 1.50 bits per heavy atom. The SMILES string of the molecule is CCO[CH]=[Ru]([Cl])([Cl])=[C]1N(c2c(C)cc(C)cc2C)CCN1c1c(C)cc(C)cc1C. The van der Waals surface area contributed by atoms with Gasteiger partial charge in [0.25, 0.3) is 0 Å². The first-order valence-electron chi connectivity index (χ1n) is 10.2. The van der Waals surface area contributed by atoms with E-state index in [4.69, 9.17) is 24.1 Å². The van der Waals surface area contributed by atoms with Crippen molar-refractivity contribution in [3.8, 4) is 0 Å². The molecule has 1 aliphatic rings. The van der Waals surface area contributed by atoms with E-state index < -0.39 is 11.9 Å². The van der Waals surface area contributed by atoms with Crippen molar-refractivity contribution in [3.05, 3.63) is 57.6 Å². The van der Waals surface area contributed by atoms with Crippen LogP contribution in [0, 0.1) is 41.5 Å². The molecule has 0 saturated carbocycles. The van der Waals surface area contributed by atoms with Gasteiger partial charge in [0, 0.05) is 0 Å². The molecule has 0 aliphatic carbocycles. The van der Waals surface area contributed by atoms with E-state index in [2.05, 4.69) is 75.6 Å². The molecule has 1 heterocycles. The first-order chi connectivity index (χ1) is 14.1. The fourth-order valence-electron chi connectivity index (χ4n) is 4.55. The van der Waals surface area contributed by atoms with Crippen molar-refractivity contribution in [2.45, 2.75) is 48.5 Å². The van der Waals surface area contributed by atoms with Gasteiger partial charge in [0.2, 0.25) is 0 Å². The number of aryl methyl sites for hydroxylation is 6. The number of anilines is 2. The molecule has 3 nitrogen and oxygen atoms in total. The zero-order chi connectivity index (χ0) is 22.2. The van der Waals surface area contributed by atoms with Gasteiger partial charge in [-0.05, 0) is 0 Å². The van der Waals surface area contributed by atoms with Crippen LogP contribution in [0.15, 0.2) is 24.3 Å². The van der Waals surface area contributed by atoms with Crippen LogP contribution in [0.2, 0.25) is 0 Å². The van der Waals surface area contributed by atoms with Gasteiger partial charge in [-0.3, -0.25) is 0 Å². The van der Waals surface area contributed by atoms with Gasteiger partial charge in [-0.25, -0.2) is 0 Å². The van der Waals surface area contributed by atoms with Crippen molar-refractivity contribution >= 4 is 39.9 Å². The van der Waals surface area contributed by atoms with Crippen LogP contribution in [0.5, 0.6) is 0 Å². The van der Waals surface area contributed by atoms with E-state index in [-0.39, 0.29) is 0 Å². The fraction of sp³-hybridized carbons (Fsp3) is 0.417. The number of nitrogens with zero attached hydrogens (tertiary/aromatic N) is 2. The molecular weight excluding hydrogens is 504 g/mol. The fourth-order valence-corrected chi connectivity index (χ4v) is 9.65. The van der Waals surface area contributed by atoms with Crippen LogP contribution in [0.4, 0.5) is 11.4 Å². The van der Waals surface area contributed by atoms with Crippen LogP contribution in [-0.2, 0) is 16.6 Å². The summed E-state index contributed by atoms with van der Waals surface area (Å²) in [6.45, 7) is 17.1. The molecule has 3 rings (SSSR count). The van der Waals surface area contributed by atoms with E-state index in [1.165, 1.54) is 44.8 Å². The Bertz CT molecular complexity index is 979. The molecule has 0 aromatic heterocycles. The van der Waals surface area contributed by atoms with Crippen LogP contribution in [0.3, 0.4) is 0 Å². The Hall–Kier alpha value is -1.06. The Labute approximate surface area is 191 Å². The molecule has 0 radical (unpaired) electrons. The predicted molar refractivity (Wildman–Crippen MR) is 130 cm³/mol. The minimum absolute atomic E-state index is 0.556. The van der Waals surface area contributed by atoms with Crippen molar-refractivity contribution in [2.75, 3.05) is 29.5 Å². The molecule has 0 amide bonds. The summed E-state index contributed by atoms with van der Waals surface area (Å²) in [6, 6.07) is 8.91. The molecule has 2 aromatic rings. The number of rotatable bonds is 4. The molecule has 30 heavy (non-hydrogen) atoms. The number of ether oxygens (including phenoxy) is 1. The molecule has 2 aromatic carbocycles. The molecule has 6 heteroatoms. The summed E-state index contributed by atoms with van der Waals surface area (Å²) < 4.78 is 6.64. The van der Waals surface area contributed by atoms with Crippen LogP contribution in [0.1, 0.15) is 40.3 Å². The van der Waals surface area contributed by atoms with Gasteiger partial charge in [0.1, 0.15) is 0 Å². The standard InChI is InChI=1S/C21H26N2.C3H6O.2ClH.Ru/c1-14-9-16(3)20(17(4)10-14)22-7-8-23(13-22)21-18(5)11-15(2)12-19(21)6;1-3-4-2;;;/h9-12H,7-8H2,1-6H3;2H,3H2,1H3;2*1H;/q;;;;+2/p-2. The van der Waals surface area contributed by atoms with Gasteiger partial charge < -0.3 is 0 Å². The molecule has 0 atom stereocenters. The van der Waals surface area contributed by atoms with Crippen LogP contribution < -0.4 is 9.80 Å². The Kier molecular flexibility index (Phi) is 7.24. The third-order valence-electron chi connectivity index (χ3n) is 5.33. The van der Waals surface area contributed by atoms with Crippen molar-refractivity contribution in [3.63, 3.8) is 0 Å². The summed E-state index contributed by atoms with van der Waals surface area (Å²) in [5.74, 6) is 0. The number of hydrogen-bond acceptors (Lipinski definition) is 3. The number of benzene rings is 2. The minimum atomic E-state index is -3.43. The van der Waals surface area contributed by atoms with Crippen molar-refractivity contribution in [1.29, 1.82) is 0 Å². The average Bonchev–Trinajstić information content (AvgIpc) is 3.03. The molecule has 0 N–H and O–H groups in total. The molecule has 0 bridgehead atoms. The summed E-state index contributed by atoms with van der Waals surface area (Å²) in [6.07, 6.45) is 0. The Morgan fingerprint density at radius 2 is 1.17 bits per heavy atom. The second-order valence-corrected chi connectivity index (χ2v) is 17.2. The van der Waals surface area contributed by atoms with E-state index in [9.17, 15) is 0 Å². The number of hydrogen-bond donors (Lipinski definition) is 0. The Morgan fingerprint density at radius 1 is 0.800 bits per heavy atom. The molecule has 1 aliphatic heterocycles. The summed E-state index contributed by atoms with van der Waals surface area (Å²) in [4.78, 5) is 6.40. The normalized spacial score (nSPS) is 15.2. The van der Waals surface area contributed by atoms with E-state index in [0.717, 1.165) is 17.4 Å². The maximum atomic E-state index is 7.12. The van der Waals surface area contributed by atoms with Gasteiger partial charge in [0.15, 0.2) is 0 Å². The summed E-state index contributed by atoms with van der Waals surface area (Å²) in [5, 5.41) is 0. The Balaban J connectivity index is 2.30. The molecule has 0 unspecified atom stereocenters. The maximum absolute atomic E-state index is 7.12. The average molecular weight is 537 g/mol. The second kappa shape index (κ2) is 9.21. The van der Waals surface area contributed by atoms with Crippen molar-refractivity contribution in [1.82, 2.24) is 0 Å². The number of halogens is 2. The molecule has 0 spiro atoms. The summed E-state index contributed by atoms with van der Waals surface area (Å²) in [7, 11) is 14.2. The second-order valence-electron chi connectivity index (χ2n) is 8.04. The van der Waals surface area contributed by atoms with Gasteiger partial charge in [-0.1, -0.05) is 0 Å². The van der Waals surface area contributed by atoms with Gasteiger partial charge in [-0.2, -0.15) is 0 Å². The van der Waals surface area contributed by atoms with Gasteiger partial charge in [0.05, 0.1) is 0 Å². The zero-order valence-electron chi connectivity index (χ0n) is 18.9. The molecular formula is C24H32Cl2N2ORu. The summed E-state index contributed by atoms with van der Waals surface area (Å²) in [5.41, 5.74) is 9.90. The van der Waals surface area contributed by atoms with Gasteiger partial charge in [-0.15, -0.1) is 0 Å². The first-order valence-corrected chi connectivity index (χ1v) is 16.6. The van der Waals surface area contributed by atoms with Crippen molar-refractivity contribution < 1.29 is 16.6 Å². The quantitative estimate of drug-likeness (QED) is 0.433.